The first kappa shape index (κ1) is 9.90. The molecule has 0 aliphatic carbocycles. The number of hydrogen-bond acceptors (Lipinski definition) is 1. The fourth-order valence-electron chi connectivity index (χ4n) is 1.77. The third-order valence-electron chi connectivity index (χ3n) is 2.49. The van der Waals surface area contributed by atoms with Gasteiger partial charge in [0.05, 0.1) is 0 Å². The molecule has 72 valence electrons. The van der Waals surface area contributed by atoms with Crippen molar-refractivity contribution in [1.82, 2.24) is 4.90 Å². The first-order valence-electron chi connectivity index (χ1n) is 4.54. The van der Waals surface area contributed by atoms with Crippen LogP contribution in [0, 0.1) is 5.92 Å². The lowest BCUT2D eigenvalue weighted by Gasteiger charge is -2.30. The van der Waals surface area contributed by atoms with Crippen LogP contribution in [-0.2, 0) is 0 Å². The minimum Gasteiger partial charge on any atom is -0.306 e. The van der Waals surface area contributed by atoms with E-state index < -0.39 is 5.92 Å². The van der Waals surface area contributed by atoms with E-state index >= 15 is 0 Å². The summed E-state index contributed by atoms with van der Waals surface area (Å²) in [6.45, 7) is 2.97. The molecule has 0 bridgehead atoms. The van der Waals surface area contributed by atoms with Crippen LogP contribution in [0.2, 0.25) is 0 Å². The molecular formula is C9H17F2N. The third-order valence-corrected chi connectivity index (χ3v) is 2.49. The van der Waals surface area contributed by atoms with Crippen LogP contribution in [0.15, 0.2) is 0 Å². The molecule has 12 heavy (non-hydrogen) atoms. The van der Waals surface area contributed by atoms with Crippen molar-refractivity contribution in [1.29, 1.82) is 0 Å². The maximum Gasteiger partial charge on any atom is 0.245 e. The highest BCUT2D eigenvalue weighted by Gasteiger charge is 2.28. The first-order valence-corrected chi connectivity index (χ1v) is 4.54. The van der Waals surface area contributed by atoms with Crippen LogP contribution in [0.4, 0.5) is 8.78 Å². The topological polar surface area (TPSA) is 3.24 Å². The van der Waals surface area contributed by atoms with Crippen molar-refractivity contribution >= 4 is 0 Å². The summed E-state index contributed by atoms with van der Waals surface area (Å²) in [5.74, 6) is -2.23. The van der Waals surface area contributed by atoms with Crippen molar-refractivity contribution in [2.24, 2.45) is 5.92 Å². The van der Waals surface area contributed by atoms with E-state index in [0.29, 0.717) is 0 Å². The molecule has 1 saturated heterocycles. The number of piperidine rings is 1. The first-order chi connectivity index (χ1) is 5.47. The van der Waals surface area contributed by atoms with E-state index in [1.54, 1.807) is 0 Å². The zero-order valence-corrected chi connectivity index (χ0v) is 7.82. The molecule has 3 heteroatoms. The Morgan fingerprint density at radius 2 is 1.83 bits per heavy atom. The summed E-state index contributed by atoms with van der Waals surface area (Å²) in [6, 6.07) is 0. The van der Waals surface area contributed by atoms with Crippen LogP contribution in [-0.4, -0.2) is 31.0 Å². The van der Waals surface area contributed by atoms with Crippen LogP contribution >= 0.6 is 0 Å². The maximum atomic E-state index is 12.6. The molecule has 0 radical (unpaired) electrons. The van der Waals surface area contributed by atoms with E-state index in [0.717, 1.165) is 32.9 Å². The van der Waals surface area contributed by atoms with Gasteiger partial charge in [0.25, 0.3) is 0 Å². The van der Waals surface area contributed by atoms with Gasteiger partial charge in [-0.25, -0.2) is 8.78 Å². The molecule has 0 aromatic heterocycles. The standard InChI is InChI=1S/C9H17F2N/c1-9(10,11)7-8-3-5-12(2)6-4-8/h8H,3-7H2,1-2H3. The van der Waals surface area contributed by atoms with Gasteiger partial charge in [-0.3, -0.25) is 0 Å². The molecule has 1 aliphatic heterocycles. The van der Waals surface area contributed by atoms with E-state index in [2.05, 4.69) is 4.90 Å². The minimum atomic E-state index is -2.47. The van der Waals surface area contributed by atoms with Crippen molar-refractivity contribution in [3.05, 3.63) is 0 Å². The number of rotatable bonds is 2. The van der Waals surface area contributed by atoms with Gasteiger partial charge in [-0.05, 0) is 45.8 Å². The Labute approximate surface area is 72.7 Å². The lowest BCUT2D eigenvalue weighted by atomic mass is 9.91. The van der Waals surface area contributed by atoms with E-state index in [-0.39, 0.29) is 12.3 Å². The Hall–Kier alpha value is -0.180. The van der Waals surface area contributed by atoms with Gasteiger partial charge in [0, 0.05) is 6.42 Å². The zero-order chi connectivity index (χ0) is 9.19. The van der Waals surface area contributed by atoms with Crippen LogP contribution in [0.1, 0.15) is 26.2 Å². The monoisotopic (exact) mass is 177 g/mol. The molecule has 1 heterocycles. The van der Waals surface area contributed by atoms with Gasteiger partial charge in [-0.2, -0.15) is 0 Å². The number of hydrogen-bond donors (Lipinski definition) is 0. The van der Waals surface area contributed by atoms with Gasteiger partial charge in [0.2, 0.25) is 5.92 Å². The Bertz CT molecular complexity index is 134. The SMILES string of the molecule is CN1CCC(CC(C)(F)F)CC1. The predicted molar refractivity (Wildman–Crippen MR) is 45.5 cm³/mol. The predicted octanol–water partition coefficient (Wildman–Crippen LogP) is 2.37. The summed E-state index contributed by atoms with van der Waals surface area (Å²) in [6.07, 6.45) is 1.93. The third kappa shape index (κ3) is 3.48. The molecule has 1 rings (SSSR count). The van der Waals surface area contributed by atoms with Crippen molar-refractivity contribution < 1.29 is 8.78 Å². The Morgan fingerprint density at radius 1 is 1.33 bits per heavy atom. The fourth-order valence-corrected chi connectivity index (χ4v) is 1.77. The van der Waals surface area contributed by atoms with Crippen LogP contribution in [0.3, 0.4) is 0 Å². The molecule has 0 aromatic rings. The normalized spacial score (nSPS) is 23.0. The van der Waals surface area contributed by atoms with Crippen molar-refractivity contribution in [3.63, 3.8) is 0 Å². The number of alkyl halides is 2. The quantitative estimate of drug-likeness (QED) is 0.626. The molecular weight excluding hydrogens is 160 g/mol. The second-order valence-electron chi connectivity index (χ2n) is 4.02. The van der Waals surface area contributed by atoms with E-state index in [1.165, 1.54) is 0 Å². The smallest absolute Gasteiger partial charge is 0.245 e. The summed E-state index contributed by atoms with van der Waals surface area (Å²) in [7, 11) is 2.04. The molecule has 1 aliphatic rings. The van der Waals surface area contributed by atoms with Gasteiger partial charge in [0.1, 0.15) is 0 Å². The highest BCUT2D eigenvalue weighted by atomic mass is 19.3. The Balaban J connectivity index is 2.26. The summed E-state index contributed by atoms with van der Waals surface area (Å²) < 4.78 is 25.2. The van der Waals surface area contributed by atoms with Crippen molar-refractivity contribution in [2.45, 2.75) is 32.1 Å². The van der Waals surface area contributed by atoms with Gasteiger partial charge in [-0.15, -0.1) is 0 Å². The minimum absolute atomic E-state index is 0.0703. The average molecular weight is 177 g/mol. The van der Waals surface area contributed by atoms with Crippen LogP contribution in [0.25, 0.3) is 0 Å². The highest BCUT2D eigenvalue weighted by molar-refractivity contribution is 4.74. The van der Waals surface area contributed by atoms with Crippen molar-refractivity contribution in [2.75, 3.05) is 20.1 Å². The second kappa shape index (κ2) is 3.69. The number of halogens is 2. The fraction of sp³-hybridized carbons (Fsp3) is 1.00. The van der Waals surface area contributed by atoms with E-state index in [1.807, 2.05) is 7.05 Å². The van der Waals surface area contributed by atoms with Gasteiger partial charge in [0.15, 0.2) is 0 Å². The van der Waals surface area contributed by atoms with Crippen LogP contribution < -0.4 is 0 Å². The lowest BCUT2D eigenvalue weighted by Crippen LogP contribution is -2.32. The molecule has 0 unspecified atom stereocenters. The van der Waals surface area contributed by atoms with Crippen molar-refractivity contribution in [3.8, 4) is 0 Å². The van der Waals surface area contributed by atoms with Gasteiger partial charge >= 0.3 is 0 Å². The molecule has 0 saturated carbocycles. The Kier molecular flexibility index (Phi) is 3.04. The van der Waals surface area contributed by atoms with E-state index in [9.17, 15) is 8.78 Å². The molecule has 1 fully saturated rings. The number of likely N-dealkylation sites (tertiary alicyclic amines) is 1. The Morgan fingerprint density at radius 3 is 2.25 bits per heavy atom. The largest absolute Gasteiger partial charge is 0.306 e. The zero-order valence-electron chi connectivity index (χ0n) is 7.82. The average Bonchev–Trinajstić information content (AvgIpc) is 1.91. The summed E-state index contributed by atoms with van der Waals surface area (Å²) in [5.41, 5.74) is 0. The van der Waals surface area contributed by atoms with Gasteiger partial charge in [-0.1, -0.05) is 0 Å². The molecule has 0 atom stereocenters. The molecule has 0 amide bonds. The molecule has 0 N–H and O–H groups in total. The summed E-state index contributed by atoms with van der Waals surface area (Å²) in [5, 5.41) is 0. The van der Waals surface area contributed by atoms with Crippen LogP contribution in [0.5, 0.6) is 0 Å². The molecule has 0 spiro atoms. The second-order valence-corrected chi connectivity index (χ2v) is 4.02. The summed E-state index contributed by atoms with van der Waals surface area (Å²) in [4.78, 5) is 2.20. The van der Waals surface area contributed by atoms with Gasteiger partial charge < -0.3 is 4.90 Å². The molecule has 1 nitrogen and oxygen atoms in total. The number of nitrogens with zero attached hydrogens (tertiary/aromatic N) is 1. The molecule has 0 aromatic carbocycles. The summed E-state index contributed by atoms with van der Waals surface area (Å²) >= 11 is 0. The van der Waals surface area contributed by atoms with E-state index in [4.69, 9.17) is 0 Å². The maximum absolute atomic E-state index is 12.6. The highest BCUT2D eigenvalue weighted by Crippen LogP contribution is 2.28. The lowest BCUT2D eigenvalue weighted by molar-refractivity contribution is -0.0119.